The van der Waals surface area contributed by atoms with Crippen molar-refractivity contribution in [2.75, 3.05) is 20.3 Å². The summed E-state index contributed by atoms with van der Waals surface area (Å²) in [7, 11) is 1.28. The molecule has 0 radical (unpaired) electrons. The summed E-state index contributed by atoms with van der Waals surface area (Å²) in [6.45, 7) is 2.96. The number of nitrogens with zero attached hydrogens (tertiary/aromatic N) is 3. The Morgan fingerprint density at radius 1 is 1.10 bits per heavy atom. The lowest BCUT2D eigenvalue weighted by Crippen LogP contribution is -2.25. The molecule has 0 aliphatic carbocycles. The number of benzene rings is 2. The van der Waals surface area contributed by atoms with E-state index in [1.165, 1.54) is 12.7 Å². The van der Waals surface area contributed by atoms with E-state index in [9.17, 15) is 14.9 Å². The number of H-pyrrole nitrogens is 1. The van der Waals surface area contributed by atoms with Gasteiger partial charge in [-0.2, -0.15) is 5.26 Å². The molecule has 1 aliphatic rings. The van der Waals surface area contributed by atoms with E-state index in [-0.39, 0.29) is 17.3 Å². The Morgan fingerprint density at radius 2 is 1.98 bits per heavy atom. The van der Waals surface area contributed by atoms with Gasteiger partial charge in [0.15, 0.2) is 5.69 Å². The number of nitriles is 1. The van der Waals surface area contributed by atoms with Crippen LogP contribution in [0.3, 0.4) is 0 Å². The molecule has 0 fully saturated rings. The van der Waals surface area contributed by atoms with Crippen molar-refractivity contribution in [2.24, 2.45) is 0 Å². The van der Waals surface area contributed by atoms with Crippen LogP contribution in [0.5, 0.6) is 5.75 Å². The number of carbonyl (C=O) groups is 2. The first kappa shape index (κ1) is 26.2. The summed E-state index contributed by atoms with van der Waals surface area (Å²) in [6, 6.07) is 16.7. The number of imidazole rings is 1. The number of amides is 1. The Labute approximate surface area is 239 Å². The molecule has 0 atom stereocenters. The molecule has 6 rings (SSSR count). The van der Waals surface area contributed by atoms with Crippen LogP contribution in [-0.2, 0) is 11.2 Å². The lowest BCUT2D eigenvalue weighted by molar-refractivity contribution is 0.0595. The van der Waals surface area contributed by atoms with E-state index in [2.05, 4.69) is 32.8 Å². The van der Waals surface area contributed by atoms with Crippen molar-refractivity contribution in [2.45, 2.75) is 19.8 Å². The second-order valence-corrected chi connectivity index (χ2v) is 10.5. The number of thiophene rings is 1. The van der Waals surface area contributed by atoms with Crippen LogP contribution in [0.25, 0.3) is 44.0 Å². The number of hydrogen-bond acceptors (Lipinski definition) is 8. The normalized spacial score (nSPS) is 12.0. The van der Waals surface area contributed by atoms with Gasteiger partial charge in [-0.1, -0.05) is 6.92 Å². The smallest absolute Gasteiger partial charge is 0.357 e. The zero-order valence-electron chi connectivity index (χ0n) is 22.4. The maximum Gasteiger partial charge on any atom is 0.357 e. The predicted molar refractivity (Wildman–Crippen MR) is 156 cm³/mol. The molecule has 0 saturated heterocycles. The molecule has 0 saturated carbocycles. The summed E-state index contributed by atoms with van der Waals surface area (Å²) in [5.74, 6) is 0.185. The van der Waals surface area contributed by atoms with E-state index in [1.54, 1.807) is 35.6 Å². The number of nitrogens with one attached hydrogen (secondary N) is 2. The molecule has 3 aromatic heterocycles. The highest BCUT2D eigenvalue weighted by Crippen LogP contribution is 2.45. The van der Waals surface area contributed by atoms with Crippen LogP contribution in [0.4, 0.5) is 0 Å². The van der Waals surface area contributed by atoms with Crippen LogP contribution in [0.1, 0.15) is 45.4 Å². The second kappa shape index (κ2) is 10.9. The summed E-state index contributed by atoms with van der Waals surface area (Å²) in [5.41, 5.74) is 5.97. The van der Waals surface area contributed by atoms with Gasteiger partial charge in [-0.15, -0.1) is 11.3 Å². The predicted octanol–water partition coefficient (Wildman–Crippen LogP) is 5.75. The summed E-state index contributed by atoms with van der Waals surface area (Å²) < 4.78 is 11.3. The number of ether oxygens (including phenoxy) is 2. The van der Waals surface area contributed by atoms with Crippen molar-refractivity contribution in [1.29, 1.82) is 5.26 Å². The summed E-state index contributed by atoms with van der Waals surface area (Å²) in [4.78, 5) is 39.5. The lowest BCUT2D eigenvalue weighted by atomic mass is 9.93. The van der Waals surface area contributed by atoms with Crippen molar-refractivity contribution in [3.05, 3.63) is 76.4 Å². The maximum absolute atomic E-state index is 13.0. The van der Waals surface area contributed by atoms with Crippen molar-refractivity contribution in [3.63, 3.8) is 0 Å². The van der Waals surface area contributed by atoms with Gasteiger partial charge in [-0.05, 0) is 71.5 Å². The third kappa shape index (κ3) is 4.81. The third-order valence-electron chi connectivity index (χ3n) is 6.94. The van der Waals surface area contributed by atoms with Gasteiger partial charge in [0.05, 0.1) is 36.4 Å². The van der Waals surface area contributed by atoms with Crippen LogP contribution in [-0.4, -0.2) is 47.1 Å². The van der Waals surface area contributed by atoms with Gasteiger partial charge in [0.2, 0.25) is 0 Å². The van der Waals surface area contributed by atoms with Crippen LogP contribution in [0.2, 0.25) is 0 Å². The number of aromatic amines is 1. The molecular weight excluding hydrogens is 538 g/mol. The summed E-state index contributed by atoms with van der Waals surface area (Å²) in [5, 5.41) is 14.2. The Morgan fingerprint density at radius 3 is 2.78 bits per heavy atom. The van der Waals surface area contributed by atoms with Crippen LogP contribution in [0, 0.1) is 11.3 Å². The Kier molecular flexibility index (Phi) is 6.95. The highest BCUT2D eigenvalue weighted by atomic mass is 32.1. The molecule has 1 aliphatic heterocycles. The number of carbonyl (C=O) groups excluding carboxylic acids is 2. The Bertz CT molecular complexity index is 1870. The van der Waals surface area contributed by atoms with Gasteiger partial charge in [-0.3, -0.25) is 4.79 Å². The molecule has 0 spiro atoms. The van der Waals surface area contributed by atoms with Crippen LogP contribution in [0.15, 0.2) is 53.9 Å². The van der Waals surface area contributed by atoms with E-state index in [1.807, 2.05) is 25.1 Å². The van der Waals surface area contributed by atoms with Gasteiger partial charge in [0.25, 0.3) is 5.91 Å². The summed E-state index contributed by atoms with van der Waals surface area (Å²) in [6.07, 6.45) is 1.54. The van der Waals surface area contributed by atoms with Gasteiger partial charge in [0, 0.05) is 34.5 Å². The highest BCUT2D eigenvalue weighted by Gasteiger charge is 2.26. The maximum atomic E-state index is 13.0. The average Bonchev–Trinajstić information content (AvgIpc) is 3.61. The molecule has 10 heteroatoms. The number of pyridine rings is 1. The SMILES string of the molecule is CCCNC(=O)c1ccc(-c2cc3c(cc2-c2nc4cc(C#N)ccc4[nH]2)-c2sccc2CCO3)c(C(=O)OC)n1. The van der Waals surface area contributed by atoms with Crippen molar-refractivity contribution in [1.82, 2.24) is 20.3 Å². The van der Waals surface area contributed by atoms with Crippen molar-refractivity contribution >= 4 is 34.2 Å². The number of esters is 1. The quantitative estimate of drug-likeness (QED) is 0.252. The molecule has 9 nitrogen and oxygen atoms in total. The van der Waals surface area contributed by atoms with Gasteiger partial charge in [0.1, 0.15) is 17.3 Å². The number of aromatic nitrogens is 3. The molecule has 2 N–H and O–H groups in total. The van der Waals surface area contributed by atoms with Gasteiger partial charge < -0.3 is 19.8 Å². The van der Waals surface area contributed by atoms with Gasteiger partial charge in [-0.25, -0.2) is 14.8 Å². The molecule has 41 heavy (non-hydrogen) atoms. The molecule has 5 aromatic rings. The average molecular weight is 564 g/mol. The standard InChI is InChI=1S/C31H25N5O4S/c1-3-10-33-30(37)24-7-5-19(27(34-24)31(38)39-2)20-15-26-22(28-18(8-11-40-26)9-12-41-28)14-21(20)29-35-23-6-4-17(16-32)13-25(23)36-29/h4-7,9,12-15H,3,8,10-11H2,1-2H3,(H,33,37)(H,35,36). The zero-order chi connectivity index (χ0) is 28.5. The lowest BCUT2D eigenvalue weighted by Gasteiger charge is -2.16. The minimum absolute atomic E-state index is 0.00570. The molecule has 0 unspecified atom stereocenters. The van der Waals surface area contributed by atoms with E-state index in [0.29, 0.717) is 52.5 Å². The third-order valence-corrected chi connectivity index (χ3v) is 7.93. The van der Waals surface area contributed by atoms with Crippen LogP contribution < -0.4 is 10.1 Å². The number of rotatable bonds is 6. The molecular formula is C31H25N5O4S. The van der Waals surface area contributed by atoms with E-state index in [0.717, 1.165) is 28.8 Å². The number of methoxy groups -OCH3 is 1. The number of fused-ring (bicyclic) bond motifs is 4. The molecule has 204 valence electrons. The molecule has 1 amide bonds. The van der Waals surface area contributed by atoms with E-state index >= 15 is 0 Å². The van der Waals surface area contributed by atoms with E-state index < -0.39 is 5.97 Å². The van der Waals surface area contributed by atoms with Gasteiger partial charge >= 0.3 is 5.97 Å². The largest absolute Gasteiger partial charge is 0.493 e. The van der Waals surface area contributed by atoms with Crippen molar-refractivity contribution in [3.8, 4) is 44.8 Å². The molecule has 4 heterocycles. The molecule has 0 bridgehead atoms. The van der Waals surface area contributed by atoms with E-state index in [4.69, 9.17) is 14.5 Å². The zero-order valence-corrected chi connectivity index (χ0v) is 23.2. The van der Waals surface area contributed by atoms with Crippen molar-refractivity contribution < 1.29 is 19.1 Å². The first-order valence-corrected chi connectivity index (χ1v) is 14.0. The minimum Gasteiger partial charge on any atom is -0.493 e. The fraction of sp³-hybridized carbons (Fsp3) is 0.194. The Balaban J connectivity index is 1.60. The second-order valence-electron chi connectivity index (χ2n) is 9.54. The summed E-state index contributed by atoms with van der Waals surface area (Å²) >= 11 is 1.64. The topological polar surface area (TPSA) is 130 Å². The number of hydrogen-bond donors (Lipinski definition) is 2. The van der Waals surface area contributed by atoms with Crippen LogP contribution >= 0.6 is 11.3 Å². The fourth-order valence-corrected chi connectivity index (χ4v) is 5.90. The fourth-order valence-electron chi connectivity index (χ4n) is 4.92. The Hall–Kier alpha value is -5.01. The highest BCUT2D eigenvalue weighted by molar-refractivity contribution is 7.13. The monoisotopic (exact) mass is 563 g/mol. The minimum atomic E-state index is -0.671. The molecule has 2 aromatic carbocycles. The first-order valence-electron chi connectivity index (χ1n) is 13.2. The first-order chi connectivity index (χ1) is 20.0.